The molecule has 0 saturated carbocycles. The lowest BCUT2D eigenvalue weighted by atomic mass is 10.0. The van der Waals surface area contributed by atoms with Gasteiger partial charge in [0.25, 0.3) is 0 Å². The lowest BCUT2D eigenvalue weighted by Crippen LogP contribution is -2.45. The van der Waals surface area contributed by atoms with Crippen LogP contribution in [0.1, 0.15) is 12.8 Å². The quantitative estimate of drug-likeness (QED) is 0.715. The van der Waals surface area contributed by atoms with Gasteiger partial charge in [0.05, 0.1) is 0 Å². The van der Waals surface area contributed by atoms with E-state index in [1.165, 1.54) is 0 Å². The molecule has 0 radical (unpaired) electrons. The van der Waals surface area contributed by atoms with Crippen LogP contribution in [0.5, 0.6) is 0 Å². The molecule has 1 rings (SSSR count). The second-order valence-electron chi connectivity index (χ2n) is 4.46. The standard InChI is InChI=1S/C11H20N2O4/c1-12(2)9-3-5-13(6-4-9)10(14)7-17-8-11(15)16/h9H,3-8H2,1-2H3,(H,15,16). The topological polar surface area (TPSA) is 70.1 Å². The maximum absolute atomic E-state index is 11.7. The fourth-order valence-corrected chi connectivity index (χ4v) is 1.95. The summed E-state index contributed by atoms with van der Waals surface area (Å²) in [4.78, 5) is 25.8. The molecule has 17 heavy (non-hydrogen) atoms. The minimum absolute atomic E-state index is 0.122. The molecule has 1 saturated heterocycles. The number of ether oxygens (including phenoxy) is 1. The Balaban J connectivity index is 2.24. The minimum Gasteiger partial charge on any atom is -0.480 e. The molecule has 1 aliphatic rings. The molecule has 1 heterocycles. The molecule has 0 unspecified atom stereocenters. The largest absolute Gasteiger partial charge is 0.480 e. The lowest BCUT2D eigenvalue weighted by Gasteiger charge is -2.35. The predicted octanol–water partition coefficient (Wildman–Crippen LogP) is -0.360. The first kappa shape index (κ1) is 13.9. The summed E-state index contributed by atoms with van der Waals surface area (Å²) in [5.41, 5.74) is 0. The molecule has 0 aromatic rings. The Bertz CT molecular complexity index is 273. The van der Waals surface area contributed by atoms with Crippen LogP contribution in [-0.2, 0) is 14.3 Å². The van der Waals surface area contributed by atoms with Gasteiger partial charge in [-0.15, -0.1) is 0 Å². The predicted molar refractivity (Wildman–Crippen MR) is 61.7 cm³/mol. The summed E-state index contributed by atoms with van der Waals surface area (Å²) in [5.74, 6) is -1.17. The highest BCUT2D eigenvalue weighted by atomic mass is 16.5. The smallest absolute Gasteiger partial charge is 0.329 e. The lowest BCUT2D eigenvalue weighted by molar-refractivity contribution is -0.146. The number of carboxylic acid groups (broad SMARTS) is 1. The third-order valence-corrected chi connectivity index (χ3v) is 3.00. The average Bonchev–Trinajstić information content (AvgIpc) is 2.28. The summed E-state index contributed by atoms with van der Waals surface area (Å²) in [7, 11) is 4.08. The molecule has 0 bridgehead atoms. The SMILES string of the molecule is CN(C)C1CCN(C(=O)COCC(=O)O)CC1. The van der Waals surface area contributed by atoms with Gasteiger partial charge in [0.1, 0.15) is 13.2 Å². The zero-order valence-electron chi connectivity index (χ0n) is 10.4. The van der Waals surface area contributed by atoms with Crippen LogP contribution in [0.25, 0.3) is 0 Å². The number of hydrogen-bond acceptors (Lipinski definition) is 4. The number of rotatable bonds is 5. The Morgan fingerprint density at radius 2 is 1.88 bits per heavy atom. The summed E-state index contributed by atoms with van der Waals surface area (Å²) in [6, 6.07) is 0.527. The Morgan fingerprint density at radius 1 is 1.29 bits per heavy atom. The Hall–Kier alpha value is -1.14. The molecule has 1 N–H and O–H groups in total. The molecule has 1 amide bonds. The first-order valence-electron chi connectivity index (χ1n) is 5.74. The summed E-state index contributed by atoms with van der Waals surface area (Å²) in [6.07, 6.45) is 1.91. The van der Waals surface area contributed by atoms with Crippen molar-refractivity contribution in [3.8, 4) is 0 Å². The van der Waals surface area contributed by atoms with Gasteiger partial charge in [-0.05, 0) is 26.9 Å². The van der Waals surface area contributed by atoms with Gasteiger partial charge < -0.3 is 19.6 Å². The van der Waals surface area contributed by atoms with E-state index < -0.39 is 12.6 Å². The number of nitrogens with zero attached hydrogens (tertiary/aromatic N) is 2. The van der Waals surface area contributed by atoms with Crippen molar-refractivity contribution in [3.05, 3.63) is 0 Å². The molecular weight excluding hydrogens is 224 g/mol. The molecule has 6 heteroatoms. The van der Waals surface area contributed by atoms with E-state index in [0.29, 0.717) is 6.04 Å². The molecule has 6 nitrogen and oxygen atoms in total. The monoisotopic (exact) mass is 244 g/mol. The maximum atomic E-state index is 11.7. The first-order chi connectivity index (χ1) is 8.00. The Morgan fingerprint density at radius 3 is 2.35 bits per heavy atom. The first-order valence-corrected chi connectivity index (χ1v) is 5.74. The van der Waals surface area contributed by atoms with E-state index in [-0.39, 0.29) is 12.5 Å². The molecule has 1 fully saturated rings. The van der Waals surface area contributed by atoms with Crippen molar-refractivity contribution in [1.29, 1.82) is 0 Å². The molecule has 0 atom stereocenters. The number of carbonyl (C=O) groups is 2. The minimum atomic E-state index is -1.05. The zero-order valence-corrected chi connectivity index (χ0v) is 10.4. The van der Waals surface area contributed by atoms with Crippen molar-refractivity contribution < 1.29 is 19.4 Å². The van der Waals surface area contributed by atoms with Crippen molar-refractivity contribution in [1.82, 2.24) is 9.80 Å². The highest BCUT2D eigenvalue weighted by Gasteiger charge is 2.23. The fourth-order valence-electron chi connectivity index (χ4n) is 1.95. The summed E-state index contributed by atoms with van der Waals surface area (Å²) in [5, 5.41) is 8.38. The van der Waals surface area contributed by atoms with Crippen molar-refractivity contribution in [2.75, 3.05) is 40.4 Å². The van der Waals surface area contributed by atoms with Gasteiger partial charge in [-0.25, -0.2) is 4.79 Å². The van der Waals surface area contributed by atoms with E-state index in [9.17, 15) is 9.59 Å². The van der Waals surface area contributed by atoms with Gasteiger partial charge in [0.2, 0.25) is 5.91 Å². The van der Waals surface area contributed by atoms with Crippen LogP contribution < -0.4 is 0 Å². The fraction of sp³-hybridized carbons (Fsp3) is 0.818. The number of likely N-dealkylation sites (tertiary alicyclic amines) is 1. The van der Waals surface area contributed by atoms with Crippen LogP contribution in [-0.4, -0.2) is 73.2 Å². The van der Waals surface area contributed by atoms with Crippen LogP contribution in [0.2, 0.25) is 0 Å². The second kappa shape index (κ2) is 6.56. The molecule has 98 valence electrons. The zero-order chi connectivity index (χ0) is 12.8. The number of hydrogen-bond donors (Lipinski definition) is 1. The van der Waals surface area contributed by atoms with Crippen LogP contribution in [0, 0.1) is 0 Å². The number of carboxylic acids is 1. The molecule has 0 aromatic heterocycles. The van der Waals surface area contributed by atoms with E-state index in [1.54, 1.807) is 4.90 Å². The van der Waals surface area contributed by atoms with Crippen molar-refractivity contribution in [2.24, 2.45) is 0 Å². The van der Waals surface area contributed by atoms with Crippen LogP contribution >= 0.6 is 0 Å². The normalized spacial score (nSPS) is 17.5. The summed E-state index contributed by atoms with van der Waals surface area (Å²) in [6.45, 7) is 0.884. The molecule has 0 aromatic carbocycles. The average molecular weight is 244 g/mol. The number of amides is 1. The maximum Gasteiger partial charge on any atom is 0.329 e. The highest BCUT2D eigenvalue weighted by molar-refractivity contribution is 5.78. The van der Waals surface area contributed by atoms with Crippen LogP contribution in [0.3, 0.4) is 0 Å². The molecule has 0 spiro atoms. The second-order valence-corrected chi connectivity index (χ2v) is 4.46. The number of carbonyl (C=O) groups excluding carboxylic acids is 1. The third kappa shape index (κ3) is 4.70. The van der Waals surface area contributed by atoms with Gasteiger partial charge in [-0.2, -0.15) is 0 Å². The summed E-state index contributed by atoms with van der Waals surface area (Å²) >= 11 is 0. The van der Waals surface area contributed by atoms with Crippen molar-refractivity contribution in [2.45, 2.75) is 18.9 Å². The third-order valence-electron chi connectivity index (χ3n) is 3.00. The van der Waals surface area contributed by atoms with E-state index in [2.05, 4.69) is 4.90 Å². The van der Waals surface area contributed by atoms with E-state index in [4.69, 9.17) is 9.84 Å². The van der Waals surface area contributed by atoms with Gasteiger partial charge in [-0.1, -0.05) is 0 Å². The van der Waals surface area contributed by atoms with E-state index in [0.717, 1.165) is 25.9 Å². The molecule has 1 aliphatic heterocycles. The summed E-state index contributed by atoms with van der Waals surface area (Å²) < 4.78 is 4.78. The molecule has 0 aliphatic carbocycles. The van der Waals surface area contributed by atoms with Gasteiger partial charge in [0.15, 0.2) is 0 Å². The van der Waals surface area contributed by atoms with Crippen LogP contribution in [0.4, 0.5) is 0 Å². The molecular formula is C11H20N2O4. The Labute approximate surface area is 101 Å². The van der Waals surface area contributed by atoms with Gasteiger partial charge in [-0.3, -0.25) is 4.79 Å². The van der Waals surface area contributed by atoms with Crippen molar-refractivity contribution in [3.63, 3.8) is 0 Å². The highest BCUT2D eigenvalue weighted by Crippen LogP contribution is 2.14. The number of piperidine rings is 1. The van der Waals surface area contributed by atoms with Crippen molar-refractivity contribution >= 4 is 11.9 Å². The van der Waals surface area contributed by atoms with Crippen LogP contribution in [0.15, 0.2) is 0 Å². The number of aliphatic carboxylic acids is 1. The van der Waals surface area contributed by atoms with Gasteiger partial charge in [0, 0.05) is 19.1 Å². The Kier molecular flexibility index (Phi) is 5.37. The van der Waals surface area contributed by atoms with E-state index >= 15 is 0 Å². The van der Waals surface area contributed by atoms with E-state index in [1.807, 2.05) is 14.1 Å². The van der Waals surface area contributed by atoms with Gasteiger partial charge >= 0.3 is 5.97 Å².